The molecule has 23 heavy (non-hydrogen) atoms. The molecule has 1 N–H and O–H groups in total. The Bertz CT molecular complexity index is 668. The molecule has 0 aliphatic heterocycles. The predicted molar refractivity (Wildman–Crippen MR) is 84.7 cm³/mol. The number of halogens is 3. The van der Waals surface area contributed by atoms with Crippen molar-refractivity contribution in [2.45, 2.75) is 37.9 Å². The van der Waals surface area contributed by atoms with E-state index in [4.69, 9.17) is 5.11 Å². The lowest BCUT2D eigenvalue weighted by molar-refractivity contribution is -0.142. The molecule has 0 spiro atoms. The fraction of sp³-hybridized carbons (Fsp3) is 0.438. The number of benzene rings is 1. The van der Waals surface area contributed by atoms with Crippen molar-refractivity contribution in [3.8, 4) is 0 Å². The summed E-state index contributed by atoms with van der Waals surface area (Å²) in [7, 11) is 0. The van der Waals surface area contributed by atoms with Crippen LogP contribution in [0, 0.1) is 13.8 Å². The van der Waals surface area contributed by atoms with Gasteiger partial charge < -0.3 is 5.11 Å². The summed E-state index contributed by atoms with van der Waals surface area (Å²) in [5.74, 6) is 0.625. The van der Waals surface area contributed by atoms with Crippen LogP contribution >= 0.6 is 11.8 Å². The Balaban J connectivity index is 2.01. The average molecular weight is 344 g/mol. The highest BCUT2D eigenvalue weighted by atomic mass is 32.2. The van der Waals surface area contributed by atoms with Gasteiger partial charge in [-0.15, -0.1) is 11.8 Å². The van der Waals surface area contributed by atoms with Crippen LogP contribution in [0.5, 0.6) is 0 Å². The van der Waals surface area contributed by atoms with Gasteiger partial charge in [0, 0.05) is 29.0 Å². The number of hydrogen-bond acceptors (Lipinski definition) is 3. The van der Waals surface area contributed by atoms with E-state index in [1.54, 1.807) is 11.8 Å². The number of aliphatic hydroxyl groups excluding tert-OH is 1. The van der Waals surface area contributed by atoms with E-state index >= 15 is 0 Å². The maximum Gasteiger partial charge on any atom is 0.435 e. The molecule has 0 radical (unpaired) electrons. The van der Waals surface area contributed by atoms with Crippen molar-refractivity contribution in [2.24, 2.45) is 0 Å². The third-order valence-electron chi connectivity index (χ3n) is 3.55. The van der Waals surface area contributed by atoms with Crippen LogP contribution in [0.15, 0.2) is 29.3 Å². The van der Waals surface area contributed by atoms with Crippen molar-refractivity contribution in [3.63, 3.8) is 0 Å². The lowest BCUT2D eigenvalue weighted by atomic mass is 10.1. The van der Waals surface area contributed by atoms with Crippen LogP contribution < -0.4 is 0 Å². The molecule has 1 aromatic heterocycles. The predicted octanol–water partition coefficient (Wildman–Crippen LogP) is 3.85. The number of nitrogens with zero attached hydrogens (tertiary/aromatic N) is 2. The largest absolute Gasteiger partial charge is 0.435 e. The molecule has 0 amide bonds. The van der Waals surface area contributed by atoms with Gasteiger partial charge in [-0.3, -0.25) is 4.68 Å². The van der Waals surface area contributed by atoms with E-state index in [9.17, 15) is 13.2 Å². The highest BCUT2D eigenvalue weighted by Crippen LogP contribution is 2.31. The Hall–Kier alpha value is -1.47. The molecule has 7 heteroatoms. The van der Waals surface area contributed by atoms with Gasteiger partial charge in [0.1, 0.15) is 0 Å². The van der Waals surface area contributed by atoms with E-state index in [-0.39, 0.29) is 18.6 Å². The SMILES string of the molecule is Cc1ccc(SCCn2cc(CCO)c(C(F)(F)F)n2)cc1C. The molecule has 1 aromatic carbocycles. The van der Waals surface area contributed by atoms with Crippen molar-refractivity contribution >= 4 is 11.8 Å². The van der Waals surface area contributed by atoms with E-state index in [0.29, 0.717) is 12.3 Å². The average Bonchev–Trinajstić information content (AvgIpc) is 2.86. The lowest BCUT2D eigenvalue weighted by Crippen LogP contribution is -2.11. The molecule has 0 bridgehead atoms. The van der Waals surface area contributed by atoms with Crippen LogP contribution in [0.3, 0.4) is 0 Å². The summed E-state index contributed by atoms with van der Waals surface area (Å²) in [6.07, 6.45) is -3.16. The van der Waals surface area contributed by atoms with Crippen LogP contribution in [0.25, 0.3) is 0 Å². The van der Waals surface area contributed by atoms with E-state index < -0.39 is 11.9 Å². The maximum atomic E-state index is 12.9. The van der Waals surface area contributed by atoms with E-state index in [2.05, 4.69) is 11.2 Å². The number of hydrogen-bond donors (Lipinski definition) is 1. The van der Waals surface area contributed by atoms with Gasteiger partial charge in [0.25, 0.3) is 0 Å². The van der Waals surface area contributed by atoms with Crippen LogP contribution in [-0.2, 0) is 19.1 Å². The summed E-state index contributed by atoms with van der Waals surface area (Å²) in [5.41, 5.74) is 1.54. The number of aliphatic hydroxyl groups is 1. The lowest BCUT2D eigenvalue weighted by Gasteiger charge is -2.06. The highest BCUT2D eigenvalue weighted by molar-refractivity contribution is 7.99. The van der Waals surface area contributed by atoms with Crippen molar-refractivity contribution in [2.75, 3.05) is 12.4 Å². The Morgan fingerprint density at radius 1 is 1.22 bits per heavy atom. The standard InChI is InChI=1S/C16H19F3N2OS/c1-11-3-4-14(9-12(11)2)23-8-6-21-10-13(5-7-22)15(20-21)16(17,18)19/h3-4,9-10,22H,5-8H2,1-2H3. The van der Waals surface area contributed by atoms with Gasteiger partial charge in [-0.25, -0.2) is 0 Å². The van der Waals surface area contributed by atoms with E-state index in [0.717, 1.165) is 4.90 Å². The topological polar surface area (TPSA) is 38.0 Å². The Labute approximate surface area is 137 Å². The van der Waals surface area contributed by atoms with Crippen LogP contribution in [0.4, 0.5) is 13.2 Å². The molecule has 126 valence electrons. The van der Waals surface area contributed by atoms with E-state index in [1.807, 2.05) is 26.0 Å². The van der Waals surface area contributed by atoms with Gasteiger partial charge in [-0.05, 0) is 43.5 Å². The van der Waals surface area contributed by atoms with Gasteiger partial charge in [0.15, 0.2) is 5.69 Å². The first-order chi connectivity index (χ1) is 10.8. The number of aromatic nitrogens is 2. The second-order valence-electron chi connectivity index (χ2n) is 5.33. The second kappa shape index (κ2) is 7.40. The quantitative estimate of drug-likeness (QED) is 0.809. The minimum absolute atomic E-state index is 0.0381. The van der Waals surface area contributed by atoms with E-state index in [1.165, 1.54) is 22.0 Å². The summed E-state index contributed by atoms with van der Waals surface area (Å²) in [6, 6.07) is 6.11. The van der Waals surface area contributed by atoms with Crippen LogP contribution in [0.1, 0.15) is 22.4 Å². The zero-order valence-electron chi connectivity index (χ0n) is 13.0. The molecule has 0 unspecified atom stereocenters. The van der Waals surface area contributed by atoms with Crippen LogP contribution in [-0.4, -0.2) is 27.2 Å². The molecule has 0 saturated carbocycles. The van der Waals surface area contributed by atoms with Crippen molar-refractivity contribution < 1.29 is 18.3 Å². The number of thioether (sulfide) groups is 1. The third kappa shape index (κ3) is 4.75. The zero-order chi connectivity index (χ0) is 17.0. The monoisotopic (exact) mass is 344 g/mol. The Kier molecular flexibility index (Phi) is 5.75. The van der Waals surface area contributed by atoms with Gasteiger partial charge in [-0.2, -0.15) is 18.3 Å². The van der Waals surface area contributed by atoms with Gasteiger partial charge in [0.05, 0.1) is 6.54 Å². The second-order valence-corrected chi connectivity index (χ2v) is 6.50. The smallest absolute Gasteiger partial charge is 0.396 e. The summed E-state index contributed by atoms with van der Waals surface area (Å²) in [4.78, 5) is 1.09. The molecule has 0 aliphatic rings. The fourth-order valence-corrected chi connectivity index (χ4v) is 3.12. The molecule has 0 fully saturated rings. The molecule has 0 aliphatic carbocycles. The Morgan fingerprint density at radius 3 is 2.57 bits per heavy atom. The Morgan fingerprint density at radius 2 is 1.96 bits per heavy atom. The van der Waals surface area contributed by atoms with Gasteiger partial charge >= 0.3 is 6.18 Å². The first-order valence-corrected chi connectivity index (χ1v) is 8.24. The first kappa shape index (κ1) is 17.9. The molecular weight excluding hydrogens is 325 g/mol. The summed E-state index contributed by atoms with van der Waals surface area (Å²) in [5, 5.41) is 12.5. The highest BCUT2D eigenvalue weighted by Gasteiger charge is 2.36. The van der Waals surface area contributed by atoms with Gasteiger partial charge in [0.2, 0.25) is 0 Å². The van der Waals surface area contributed by atoms with Crippen molar-refractivity contribution in [1.82, 2.24) is 9.78 Å². The molecule has 3 nitrogen and oxygen atoms in total. The number of rotatable bonds is 6. The fourth-order valence-electron chi connectivity index (χ4n) is 2.18. The molecule has 2 aromatic rings. The minimum atomic E-state index is -4.49. The molecule has 0 atom stereocenters. The number of aryl methyl sites for hydroxylation is 3. The molecular formula is C16H19F3N2OS. The molecule has 1 heterocycles. The van der Waals surface area contributed by atoms with Crippen molar-refractivity contribution in [3.05, 3.63) is 46.8 Å². The molecule has 0 saturated heterocycles. The summed E-state index contributed by atoms with van der Waals surface area (Å²) in [6.45, 7) is 4.12. The zero-order valence-corrected chi connectivity index (χ0v) is 13.8. The number of alkyl halides is 3. The van der Waals surface area contributed by atoms with Gasteiger partial charge in [-0.1, -0.05) is 6.07 Å². The summed E-state index contributed by atoms with van der Waals surface area (Å²) >= 11 is 1.58. The normalized spacial score (nSPS) is 11.9. The minimum Gasteiger partial charge on any atom is -0.396 e. The molecule has 2 rings (SSSR count). The third-order valence-corrected chi connectivity index (χ3v) is 4.53. The van der Waals surface area contributed by atoms with Crippen molar-refractivity contribution in [1.29, 1.82) is 0 Å². The van der Waals surface area contributed by atoms with Crippen LogP contribution in [0.2, 0.25) is 0 Å². The summed E-state index contributed by atoms with van der Waals surface area (Å²) < 4.78 is 40.0. The maximum absolute atomic E-state index is 12.9. The first-order valence-electron chi connectivity index (χ1n) is 7.25.